The van der Waals surface area contributed by atoms with E-state index in [2.05, 4.69) is 15.4 Å². The summed E-state index contributed by atoms with van der Waals surface area (Å²) in [5, 5.41) is 14.0. The fraction of sp³-hybridized carbons (Fsp3) is 0.344. The molecule has 4 rings (SSSR count). The monoisotopic (exact) mass is 582 g/mol. The summed E-state index contributed by atoms with van der Waals surface area (Å²) in [5.74, 6) is -2.44. The molecule has 3 N–H and O–H groups in total. The third kappa shape index (κ3) is 9.09. The Balaban J connectivity index is 1.53. The van der Waals surface area contributed by atoms with Gasteiger partial charge >= 0.3 is 12.3 Å². The molecule has 2 amide bonds. The number of carbonyl (C=O) groups excluding carboxylic acids is 2. The smallest absolute Gasteiger partial charge is 0.481 e. The number of aliphatic carboxylic acids is 1. The van der Waals surface area contributed by atoms with E-state index in [9.17, 15) is 27.6 Å². The van der Waals surface area contributed by atoms with Crippen LogP contribution in [-0.4, -0.2) is 35.8 Å². The van der Waals surface area contributed by atoms with E-state index < -0.39 is 35.8 Å². The average molecular weight is 583 g/mol. The van der Waals surface area contributed by atoms with Gasteiger partial charge in [-0.2, -0.15) is 0 Å². The Bertz CT molecular complexity index is 1370. The van der Waals surface area contributed by atoms with Gasteiger partial charge in [0, 0.05) is 23.9 Å². The van der Waals surface area contributed by atoms with Gasteiger partial charge in [-0.25, -0.2) is 0 Å². The van der Waals surface area contributed by atoms with E-state index in [1.807, 2.05) is 24.3 Å². The van der Waals surface area contributed by atoms with Gasteiger partial charge in [0.25, 0.3) is 5.91 Å². The van der Waals surface area contributed by atoms with E-state index in [1.54, 1.807) is 24.3 Å². The summed E-state index contributed by atoms with van der Waals surface area (Å²) in [5.41, 5.74) is 3.27. The fourth-order valence-corrected chi connectivity index (χ4v) is 5.21. The third-order valence-electron chi connectivity index (χ3n) is 7.35. The summed E-state index contributed by atoms with van der Waals surface area (Å²) in [7, 11) is 0. The molecule has 0 heterocycles. The molecule has 0 radical (unpaired) electrons. The number of carbonyl (C=O) groups is 3. The minimum absolute atomic E-state index is 0.00419. The molecule has 0 saturated heterocycles. The number of hydrogen-bond acceptors (Lipinski definition) is 4. The van der Waals surface area contributed by atoms with Gasteiger partial charge in [0.2, 0.25) is 5.91 Å². The summed E-state index contributed by atoms with van der Waals surface area (Å²) < 4.78 is 42.1. The maximum atomic E-state index is 13.6. The van der Waals surface area contributed by atoms with Gasteiger partial charge in [0.05, 0.1) is 12.3 Å². The van der Waals surface area contributed by atoms with Gasteiger partial charge < -0.3 is 20.5 Å². The highest BCUT2D eigenvalue weighted by Gasteiger charge is 2.31. The van der Waals surface area contributed by atoms with Crippen molar-refractivity contribution < 1.29 is 37.4 Å². The molecule has 0 spiro atoms. The van der Waals surface area contributed by atoms with Crippen LogP contribution in [0.3, 0.4) is 0 Å². The summed E-state index contributed by atoms with van der Waals surface area (Å²) >= 11 is 0. The predicted molar refractivity (Wildman–Crippen MR) is 151 cm³/mol. The van der Waals surface area contributed by atoms with Crippen LogP contribution in [0.15, 0.2) is 72.8 Å². The predicted octanol–water partition coefficient (Wildman–Crippen LogP) is 6.80. The first-order chi connectivity index (χ1) is 20.1. The number of benzene rings is 3. The highest BCUT2D eigenvalue weighted by molar-refractivity contribution is 5.96. The van der Waals surface area contributed by atoms with E-state index in [-0.39, 0.29) is 25.1 Å². The van der Waals surface area contributed by atoms with Crippen LogP contribution in [0.1, 0.15) is 77.4 Å². The second-order valence-electron chi connectivity index (χ2n) is 10.4. The minimum Gasteiger partial charge on any atom is -0.481 e. The van der Waals surface area contributed by atoms with E-state index in [1.165, 1.54) is 37.0 Å². The molecular weight excluding hydrogens is 549 g/mol. The Labute approximate surface area is 242 Å². The zero-order chi connectivity index (χ0) is 30.1. The molecule has 42 heavy (non-hydrogen) atoms. The number of halogens is 3. The molecule has 1 saturated carbocycles. The second-order valence-corrected chi connectivity index (χ2v) is 10.4. The molecule has 3 aromatic carbocycles. The third-order valence-corrected chi connectivity index (χ3v) is 7.35. The lowest BCUT2D eigenvalue weighted by Gasteiger charge is -2.23. The molecule has 0 aliphatic heterocycles. The Kier molecular flexibility index (Phi) is 10.2. The van der Waals surface area contributed by atoms with Crippen LogP contribution in [0.2, 0.25) is 0 Å². The Morgan fingerprint density at radius 3 is 2.26 bits per heavy atom. The molecule has 0 aromatic heterocycles. The lowest BCUT2D eigenvalue weighted by Crippen LogP contribution is -2.26. The topological polar surface area (TPSA) is 105 Å². The Hall–Kier alpha value is -4.34. The largest absolute Gasteiger partial charge is 0.573 e. The van der Waals surface area contributed by atoms with Gasteiger partial charge in [0.1, 0.15) is 5.75 Å². The first-order valence-corrected chi connectivity index (χ1v) is 13.9. The van der Waals surface area contributed by atoms with Crippen molar-refractivity contribution in [3.05, 3.63) is 95.1 Å². The number of amides is 2. The molecule has 7 nitrogen and oxygen atoms in total. The highest BCUT2D eigenvalue weighted by Crippen LogP contribution is 2.34. The van der Waals surface area contributed by atoms with Crippen molar-refractivity contribution in [2.45, 2.75) is 63.1 Å². The molecule has 1 unspecified atom stereocenters. The van der Waals surface area contributed by atoms with Crippen molar-refractivity contribution in [2.24, 2.45) is 0 Å². The van der Waals surface area contributed by atoms with Crippen LogP contribution in [0, 0.1) is 0 Å². The average Bonchev–Trinajstić information content (AvgIpc) is 2.96. The number of anilines is 1. The molecule has 3 aromatic rings. The molecule has 1 atom stereocenters. The van der Waals surface area contributed by atoms with E-state index in [0.29, 0.717) is 11.5 Å². The molecule has 1 fully saturated rings. The number of ether oxygens (including phenoxy) is 1. The quantitative estimate of drug-likeness (QED) is 0.231. The van der Waals surface area contributed by atoms with Crippen LogP contribution in [-0.2, 0) is 16.0 Å². The summed E-state index contributed by atoms with van der Waals surface area (Å²) in [4.78, 5) is 36.6. The second kappa shape index (κ2) is 14.0. The molecule has 222 valence electrons. The van der Waals surface area contributed by atoms with Gasteiger partial charge in [-0.1, -0.05) is 61.7 Å². The van der Waals surface area contributed by atoms with Crippen LogP contribution in [0.5, 0.6) is 5.75 Å². The number of hydrogen-bond donors (Lipinski definition) is 3. The van der Waals surface area contributed by atoms with Crippen molar-refractivity contribution in [2.75, 3.05) is 11.9 Å². The standard InChI is InChI=1S/C32H33F3N2O5/c33-32(34,35)42-27-8-4-7-26(20-27)37-31(41)28(24-15-13-23(14-16-24)22-5-2-1-3-6-22)19-21-9-11-25(12-10-21)30(40)36-18-17-29(38)39/h4,7-16,20,22,28H,1-3,5-6,17-19H2,(H,36,40)(H,37,41)(H,38,39). The van der Waals surface area contributed by atoms with Crippen molar-refractivity contribution in [1.82, 2.24) is 5.32 Å². The first-order valence-electron chi connectivity index (χ1n) is 13.9. The first kappa shape index (κ1) is 30.6. The van der Waals surface area contributed by atoms with Crippen molar-refractivity contribution in [1.29, 1.82) is 0 Å². The number of carboxylic acids is 1. The van der Waals surface area contributed by atoms with E-state index >= 15 is 0 Å². The highest BCUT2D eigenvalue weighted by atomic mass is 19.4. The Morgan fingerprint density at radius 2 is 1.62 bits per heavy atom. The van der Waals surface area contributed by atoms with Crippen LogP contribution in [0.4, 0.5) is 18.9 Å². The number of carboxylic acid groups (broad SMARTS) is 1. The molecule has 1 aliphatic carbocycles. The zero-order valence-corrected chi connectivity index (χ0v) is 23.0. The SMILES string of the molecule is O=C(O)CCNC(=O)c1ccc(CC(C(=O)Nc2cccc(OC(F)(F)F)c2)c2ccc(C3CCCCC3)cc2)cc1. The molecule has 0 bridgehead atoms. The van der Waals surface area contributed by atoms with Gasteiger partial charge in [-0.15, -0.1) is 13.2 Å². The van der Waals surface area contributed by atoms with Crippen molar-refractivity contribution in [3.63, 3.8) is 0 Å². The Morgan fingerprint density at radius 1 is 0.929 bits per heavy atom. The molecule has 10 heteroatoms. The van der Waals surface area contributed by atoms with E-state index in [0.717, 1.165) is 36.1 Å². The van der Waals surface area contributed by atoms with Crippen LogP contribution in [0.25, 0.3) is 0 Å². The van der Waals surface area contributed by atoms with Gasteiger partial charge in [0.15, 0.2) is 0 Å². The normalized spacial score (nSPS) is 14.5. The lowest BCUT2D eigenvalue weighted by atomic mass is 9.83. The number of nitrogens with one attached hydrogen (secondary N) is 2. The van der Waals surface area contributed by atoms with Crippen LogP contribution < -0.4 is 15.4 Å². The van der Waals surface area contributed by atoms with E-state index in [4.69, 9.17) is 5.11 Å². The minimum atomic E-state index is -4.86. The van der Waals surface area contributed by atoms with Crippen molar-refractivity contribution >= 4 is 23.5 Å². The number of alkyl halides is 3. The summed E-state index contributed by atoms with van der Waals surface area (Å²) in [6, 6.07) is 19.7. The maximum absolute atomic E-state index is 13.6. The molecular formula is C32H33F3N2O5. The van der Waals surface area contributed by atoms with Crippen LogP contribution >= 0.6 is 0 Å². The fourth-order valence-electron chi connectivity index (χ4n) is 5.21. The van der Waals surface area contributed by atoms with Gasteiger partial charge in [-0.05, 0) is 66.1 Å². The van der Waals surface area contributed by atoms with Crippen molar-refractivity contribution in [3.8, 4) is 5.75 Å². The summed E-state index contributed by atoms with van der Waals surface area (Å²) in [6.07, 6.45) is 1.13. The zero-order valence-electron chi connectivity index (χ0n) is 23.0. The summed E-state index contributed by atoms with van der Waals surface area (Å²) in [6.45, 7) is 0.00419. The lowest BCUT2D eigenvalue weighted by molar-refractivity contribution is -0.274. The maximum Gasteiger partial charge on any atom is 0.573 e. The molecule has 1 aliphatic rings. The number of rotatable bonds is 11. The van der Waals surface area contributed by atoms with Gasteiger partial charge in [-0.3, -0.25) is 14.4 Å².